The Bertz CT molecular complexity index is 735. The van der Waals surface area contributed by atoms with E-state index in [4.69, 9.17) is 4.74 Å². The number of esters is 1. The second-order valence-electron chi connectivity index (χ2n) is 6.15. The van der Waals surface area contributed by atoms with Crippen molar-refractivity contribution < 1.29 is 14.3 Å². The van der Waals surface area contributed by atoms with Crippen molar-refractivity contribution >= 4 is 11.9 Å². The molecule has 1 atom stereocenters. The highest BCUT2D eigenvalue weighted by Gasteiger charge is 2.19. The van der Waals surface area contributed by atoms with Gasteiger partial charge < -0.3 is 15.0 Å². The second-order valence-corrected chi connectivity index (χ2v) is 6.15. The van der Waals surface area contributed by atoms with Crippen LogP contribution in [0, 0.1) is 13.8 Å². The maximum atomic E-state index is 12.3. The number of carbonyl (C=O) groups is 2. The van der Waals surface area contributed by atoms with Gasteiger partial charge in [0, 0.05) is 12.1 Å². The first-order valence-electron chi connectivity index (χ1n) is 8.63. The Morgan fingerprint density at radius 1 is 1.20 bits per heavy atom. The Hall–Kier alpha value is -2.56. The molecule has 0 spiro atoms. The molecule has 5 nitrogen and oxygen atoms in total. The molecule has 0 saturated heterocycles. The van der Waals surface area contributed by atoms with Crippen LogP contribution in [0.4, 0.5) is 0 Å². The van der Waals surface area contributed by atoms with E-state index in [1.807, 2.05) is 51.1 Å². The fraction of sp³-hybridized carbons (Fsp3) is 0.400. The van der Waals surface area contributed by atoms with Crippen LogP contribution in [-0.4, -0.2) is 23.5 Å². The van der Waals surface area contributed by atoms with Crippen LogP contribution < -0.4 is 5.32 Å². The number of rotatable bonds is 7. The maximum Gasteiger partial charge on any atom is 0.355 e. The monoisotopic (exact) mass is 342 g/mol. The van der Waals surface area contributed by atoms with Crippen molar-refractivity contribution in [3.8, 4) is 0 Å². The van der Waals surface area contributed by atoms with E-state index in [1.54, 1.807) is 6.92 Å². The number of amides is 1. The van der Waals surface area contributed by atoms with Crippen molar-refractivity contribution in [2.45, 2.75) is 46.6 Å². The SMILES string of the molecule is CCOC(=O)c1[nH]c(C)c(CCC(=O)N[C@@H](C)c2ccccc2)c1C. The second kappa shape index (κ2) is 8.51. The van der Waals surface area contributed by atoms with E-state index in [9.17, 15) is 9.59 Å². The summed E-state index contributed by atoms with van der Waals surface area (Å²) < 4.78 is 5.05. The first-order valence-corrected chi connectivity index (χ1v) is 8.63. The largest absolute Gasteiger partial charge is 0.461 e. The summed E-state index contributed by atoms with van der Waals surface area (Å²) in [7, 11) is 0. The average Bonchev–Trinajstić information content (AvgIpc) is 2.88. The summed E-state index contributed by atoms with van der Waals surface area (Å²) in [6.45, 7) is 7.89. The van der Waals surface area contributed by atoms with Gasteiger partial charge in [-0.3, -0.25) is 4.79 Å². The third-order valence-electron chi connectivity index (χ3n) is 4.35. The molecule has 1 heterocycles. The van der Waals surface area contributed by atoms with Crippen LogP contribution in [-0.2, 0) is 16.0 Å². The fourth-order valence-corrected chi connectivity index (χ4v) is 2.95. The third kappa shape index (κ3) is 4.72. The predicted molar refractivity (Wildman–Crippen MR) is 97.5 cm³/mol. The molecule has 0 radical (unpaired) electrons. The van der Waals surface area contributed by atoms with Crippen LogP contribution in [0.5, 0.6) is 0 Å². The molecule has 0 saturated carbocycles. The molecule has 2 rings (SSSR count). The van der Waals surface area contributed by atoms with Gasteiger partial charge in [-0.2, -0.15) is 0 Å². The number of aromatic amines is 1. The number of benzene rings is 1. The Labute approximate surface area is 148 Å². The van der Waals surface area contributed by atoms with Crippen LogP contribution >= 0.6 is 0 Å². The van der Waals surface area contributed by atoms with Crippen molar-refractivity contribution in [2.75, 3.05) is 6.61 Å². The predicted octanol–water partition coefficient (Wildman–Crippen LogP) is 3.62. The molecule has 0 fully saturated rings. The lowest BCUT2D eigenvalue weighted by Crippen LogP contribution is -2.26. The van der Waals surface area contributed by atoms with Crippen LogP contribution in [0.25, 0.3) is 0 Å². The van der Waals surface area contributed by atoms with Crippen LogP contribution in [0.2, 0.25) is 0 Å². The fourth-order valence-electron chi connectivity index (χ4n) is 2.95. The molecule has 5 heteroatoms. The van der Waals surface area contributed by atoms with Gasteiger partial charge >= 0.3 is 5.97 Å². The maximum absolute atomic E-state index is 12.3. The lowest BCUT2D eigenvalue weighted by atomic mass is 10.0. The minimum atomic E-state index is -0.350. The minimum Gasteiger partial charge on any atom is -0.461 e. The zero-order chi connectivity index (χ0) is 18.4. The van der Waals surface area contributed by atoms with Crippen LogP contribution in [0.15, 0.2) is 30.3 Å². The minimum absolute atomic E-state index is 0.00552. The highest BCUT2D eigenvalue weighted by Crippen LogP contribution is 2.20. The van der Waals surface area contributed by atoms with Gasteiger partial charge in [0.25, 0.3) is 0 Å². The van der Waals surface area contributed by atoms with E-state index < -0.39 is 0 Å². The van der Waals surface area contributed by atoms with Crippen molar-refractivity contribution in [1.29, 1.82) is 0 Å². The number of hydrogen-bond donors (Lipinski definition) is 2. The molecule has 1 amide bonds. The highest BCUT2D eigenvalue weighted by molar-refractivity contribution is 5.90. The number of aryl methyl sites for hydroxylation is 1. The first kappa shape index (κ1) is 18.8. The van der Waals surface area contributed by atoms with Gasteiger partial charge in [-0.05, 0) is 50.8 Å². The van der Waals surface area contributed by atoms with Gasteiger partial charge in [0.05, 0.1) is 12.6 Å². The summed E-state index contributed by atoms with van der Waals surface area (Å²) >= 11 is 0. The van der Waals surface area contributed by atoms with Crippen molar-refractivity contribution in [3.63, 3.8) is 0 Å². The number of carbonyl (C=O) groups excluding carboxylic acids is 2. The molecule has 0 aliphatic heterocycles. The molecule has 1 aromatic heterocycles. The van der Waals surface area contributed by atoms with Gasteiger partial charge in [0.1, 0.15) is 5.69 Å². The van der Waals surface area contributed by atoms with Gasteiger partial charge in [0.2, 0.25) is 5.91 Å². The molecular formula is C20H26N2O3. The molecule has 0 unspecified atom stereocenters. The Kier molecular flexibility index (Phi) is 6.39. The van der Waals surface area contributed by atoms with E-state index in [0.29, 0.717) is 25.1 Å². The number of hydrogen-bond acceptors (Lipinski definition) is 3. The zero-order valence-corrected chi connectivity index (χ0v) is 15.3. The normalized spacial score (nSPS) is 11.8. The summed E-state index contributed by atoms with van der Waals surface area (Å²) in [5.74, 6) is -0.356. The number of ether oxygens (including phenoxy) is 1. The van der Waals surface area contributed by atoms with Crippen LogP contribution in [0.1, 0.15) is 59.2 Å². The van der Waals surface area contributed by atoms with E-state index in [-0.39, 0.29) is 17.9 Å². The molecule has 0 aliphatic rings. The summed E-state index contributed by atoms with van der Waals surface area (Å²) in [6.07, 6.45) is 0.958. The molecule has 2 aromatic rings. The lowest BCUT2D eigenvalue weighted by Gasteiger charge is -2.14. The Balaban J connectivity index is 1.97. The van der Waals surface area contributed by atoms with Gasteiger partial charge in [0.15, 0.2) is 0 Å². The number of H-pyrrole nitrogens is 1. The molecule has 0 bridgehead atoms. The topological polar surface area (TPSA) is 71.2 Å². The average molecular weight is 342 g/mol. The van der Waals surface area contributed by atoms with Gasteiger partial charge in [-0.25, -0.2) is 4.79 Å². The lowest BCUT2D eigenvalue weighted by molar-refractivity contribution is -0.121. The first-order chi connectivity index (χ1) is 11.9. The molecule has 2 N–H and O–H groups in total. The molecule has 134 valence electrons. The molecule has 25 heavy (non-hydrogen) atoms. The molecular weight excluding hydrogens is 316 g/mol. The van der Waals surface area contributed by atoms with Crippen molar-refractivity contribution in [1.82, 2.24) is 10.3 Å². The number of nitrogens with one attached hydrogen (secondary N) is 2. The van der Waals surface area contributed by atoms with Crippen molar-refractivity contribution in [2.24, 2.45) is 0 Å². The van der Waals surface area contributed by atoms with Crippen LogP contribution in [0.3, 0.4) is 0 Å². The Morgan fingerprint density at radius 2 is 1.88 bits per heavy atom. The molecule has 1 aromatic carbocycles. The highest BCUT2D eigenvalue weighted by atomic mass is 16.5. The standard InChI is InChI=1S/C20H26N2O3/c1-5-25-20(24)19-13(2)17(15(4)22-19)11-12-18(23)21-14(3)16-9-7-6-8-10-16/h6-10,14,22H,5,11-12H2,1-4H3,(H,21,23)/t14-/m0/s1. The van der Waals surface area contributed by atoms with E-state index in [1.165, 1.54) is 0 Å². The van der Waals surface area contributed by atoms with E-state index >= 15 is 0 Å². The smallest absolute Gasteiger partial charge is 0.355 e. The molecule has 0 aliphatic carbocycles. The van der Waals surface area contributed by atoms with Gasteiger partial charge in [-0.1, -0.05) is 30.3 Å². The van der Waals surface area contributed by atoms with Crippen molar-refractivity contribution in [3.05, 3.63) is 58.4 Å². The summed E-state index contributed by atoms with van der Waals surface area (Å²) in [5.41, 5.74) is 4.33. The Morgan fingerprint density at radius 3 is 2.52 bits per heavy atom. The quantitative estimate of drug-likeness (QED) is 0.755. The summed E-state index contributed by atoms with van der Waals surface area (Å²) in [4.78, 5) is 27.3. The van der Waals surface area contributed by atoms with Gasteiger partial charge in [-0.15, -0.1) is 0 Å². The number of aromatic nitrogens is 1. The zero-order valence-electron chi connectivity index (χ0n) is 15.3. The summed E-state index contributed by atoms with van der Waals surface area (Å²) in [6, 6.07) is 9.84. The van der Waals surface area contributed by atoms with E-state index in [2.05, 4.69) is 10.3 Å². The van der Waals surface area contributed by atoms with E-state index in [0.717, 1.165) is 22.4 Å². The third-order valence-corrected chi connectivity index (χ3v) is 4.35. The summed E-state index contributed by atoms with van der Waals surface area (Å²) in [5, 5.41) is 3.01.